The van der Waals surface area contributed by atoms with Crippen LogP contribution in [0.1, 0.15) is 31.5 Å². The van der Waals surface area contributed by atoms with E-state index in [0.29, 0.717) is 11.7 Å². The topological polar surface area (TPSA) is 74.2 Å². The van der Waals surface area contributed by atoms with Gasteiger partial charge in [-0.05, 0) is 12.8 Å². The second-order valence-corrected chi connectivity index (χ2v) is 5.55. The molecule has 2 aromatic rings. The normalized spacial score (nSPS) is 17.2. The van der Waals surface area contributed by atoms with E-state index in [9.17, 15) is 0 Å². The molecule has 5 nitrogen and oxygen atoms in total. The highest BCUT2D eigenvalue weighted by atomic mass is 35.5. The largest absolute Gasteiger partial charge is 0.496 e. The maximum atomic E-state index is 6.30. The minimum absolute atomic E-state index is 0. The summed E-state index contributed by atoms with van der Waals surface area (Å²) in [7, 11) is 1.64. The number of ether oxygens (including phenoxy) is 1. The maximum Gasteiger partial charge on any atom is 0.268 e. The zero-order valence-electron chi connectivity index (χ0n) is 10.6. The van der Waals surface area contributed by atoms with Crippen molar-refractivity contribution in [3.63, 3.8) is 0 Å². The Bertz CT molecular complexity index is 549. The molecule has 3 rings (SSSR count). The average Bonchev–Trinajstić information content (AvgIpc) is 3.08. The molecule has 0 atom stereocenters. The lowest BCUT2D eigenvalue weighted by molar-refractivity contribution is 0.373. The van der Waals surface area contributed by atoms with Gasteiger partial charge in [0.15, 0.2) is 5.82 Å². The van der Waals surface area contributed by atoms with E-state index in [1.54, 1.807) is 7.11 Å². The highest BCUT2D eigenvalue weighted by molar-refractivity contribution is 7.13. The van der Waals surface area contributed by atoms with Crippen molar-refractivity contribution < 1.29 is 9.26 Å². The summed E-state index contributed by atoms with van der Waals surface area (Å²) in [6.45, 7) is 0. The molecule has 0 bridgehead atoms. The first kappa shape index (κ1) is 14.3. The first-order valence-corrected chi connectivity index (χ1v) is 6.85. The van der Waals surface area contributed by atoms with Crippen molar-refractivity contribution >= 4 is 23.7 Å². The number of hydrogen-bond acceptors (Lipinski definition) is 6. The van der Waals surface area contributed by atoms with Crippen molar-refractivity contribution in [2.75, 3.05) is 7.11 Å². The van der Waals surface area contributed by atoms with Gasteiger partial charge in [-0.2, -0.15) is 4.98 Å². The summed E-state index contributed by atoms with van der Waals surface area (Å²) >= 11 is 1.52. The Balaban J connectivity index is 0.00000133. The van der Waals surface area contributed by atoms with Gasteiger partial charge in [-0.15, -0.1) is 23.7 Å². The molecule has 1 aliphatic rings. The van der Waals surface area contributed by atoms with Gasteiger partial charge in [0.25, 0.3) is 5.89 Å². The lowest BCUT2D eigenvalue weighted by atomic mass is 9.99. The molecule has 19 heavy (non-hydrogen) atoms. The van der Waals surface area contributed by atoms with E-state index in [0.717, 1.165) is 36.3 Å². The molecule has 2 N–H and O–H groups in total. The van der Waals surface area contributed by atoms with Gasteiger partial charge in [-0.3, -0.25) is 0 Å². The highest BCUT2D eigenvalue weighted by Crippen LogP contribution is 2.36. The number of thiophene rings is 1. The predicted octanol–water partition coefficient (Wildman–Crippen LogP) is 2.96. The molecule has 0 amide bonds. The van der Waals surface area contributed by atoms with Gasteiger partial charge in [0.2, 0.25) is 0 Å². The fourth-order valence-corrected chi connectivity index (χ4v) is 3.07. The number of rotatable bonds is 3. The zero-order chi connectivity index (χ0) is 12.6. The Morgan fingerprint density at radius 3 is 2.79 bits per heavy atom. The second-order valence-electron chi connectivity index (χ2n) is 4.64. The van der Waals surface area contributed by atoms with Crippen LogP contribution >= 0.6 is 23.7 Å². The van der Waals surface area contributed by atoms with Crippen LogP contribution in [0.5, 0.6) is 5.75 Å². The fraction of sp³-hybridized carbons (Fsp3) is 0.500. The molecule has 0 unspecified atom stereocenters. The molecule has 7 heteroatoms. The van der Waals surface area contributed by atoms with Crippen LogP contribution < -0.4 is 10.5 Å². The van der Waals surface area contributed by atoms with E-state index in [1.165, 1.54) is 11.3 Å². The van der Waals surface area contributed by atoms with E-state index in [-0.39, 0.29) is 12.4 Å². The van der Waals surface area contributed by atoms with E-state index in [4.69, 9.17) is 15.0 Å². The summed E-state index contributed by atoms with van der Waals surface area (Å²) < 4.78 is 10.4. The van der Waals surface area contributed by atoms with Crippen molar-refractivity contribution in [2.24, 2.45) is 5.73 Å². The van der Waals surface area contributed by atoms with E-state index in [2.05, 4.69) is 10.1 Å². The summed E-state index contributed by atoms with van der Waals surface area (Å²) in [6, 6.07) is 1.89. The SMILES string of the molecule is COc1csc(-c2nc(C3(N)CCCC3)no2)c1.Cl. The smallest absolute Gasteiger partial charge is 0.268 e. The standard InChI is InChI=1S/C12H15N3O2S.ClH/c1-16-8-6-9(18-7-8)10-14-11(15-17-10)12(13)4-2-3-5-12;/h6-7H,2-5,13H2,1H3;1H. The number of halogens is 1. The van der Waals surface area contributed by atoms with Crippen LogP contribution in [0.4, 0.5) is 0 Å². The molecular formula is C12H16ClN3O2S. The van der Waals surface area contributed by atoms with Crippen LogP contribution in [0, 0.1) is 0 Å². The van der Waals surface area contributed by atoms with Crippen LogP contribution in [0.15, 0.2) is 16.0 Å². The molecule has 0 spiro atoms. The Morgan fingerprint density at radius 1 is 1.42 bits per heavy atom. The molecule has 2 heterocycles. The monoisotopic (exact) mass is 301 g/mol. The summed E-state index contributed by atoms with van der Waals surface area (Å²) in [4.78, 5) is 5.34. The Labute approximate surface area is 121 Å². The summed E-state index contributed by atoms with van der Waals surface area (Å²) in [6.07, 6.45) is 4.12. The molecule has 0 saturated heterocycles. The molecule has 1 fully saturated rings. The first-order chi connectivity index (χ1) is 8.71. The van der Waals surface area contributed by atoms with Crippen LogP contribution in [0.3, 0.4) is 0 Å². The van der Waals surface area contributed by atoms with Crippen molar-refractivity contribution in [1.82, 2.24) is 10.1 Å². The van der Waals surface area contributed by atoms with Gasteiger partial charge in [0, 0.05) is 11.4 Å². The van der Waals surface area contributed by atoms with Gasteiger partial charge in [-0.1, -0.05) is 18.0 Å². The summed E-state index contributed by atoms with van der Waals surface area (Å²) in [5.74, 6) is 1.95. The van der Waals surface area contributed by atoms with Gasteiger partial charge in [0.05, 0.1) is 17.5 Å². The second kappa shape index (κ2) is 5.48. The minimum Gasteiger partial charge on any atom is -0.496 e. The number of methoxy groups -OCH3 is 1. The summed E-state index contributed by atoms with van der Waals surface area (Å²) in [5, 5.41) is 5.95. The molecule has 0 radical (unpaired) electrons. The van der Waals surface area contributed by atoms with Crippen LogP contribution in [0.25, 0.3) is 10.8 Å². The Kier molecular flexibility index (Phi) is 4.13. The minimum atomic E-state index is -0.400. The number of hydrogen-bond donors (Lipinski definition) is 1. The third-order valence-electron chi connectivity index (χ3n) is 3.39. The average molecular weight is 302 g/mol. The van der Waals surface area contributed by atoms with Gasteiger partial charge < -0.3 is 15.0 Å². The summed E-state index contributed by atoms with van der Waals surface area (Å²) in [5.41, 5.74) is 5.90. The molecule has 0 aromatic carbocycles. The predicted molar refractivity (Wildman–Crippen MR) is 75.7 cm³/mol. The maximum absolute atomic E-state index is 6.30. The van der Waals surface area contributed by atoms with Crippen molar-refractivity contribution in [3.05, 3.63) is 17.3 Å². The molecule has 2 aromatic heterocycles. The first-order valence-electron chi connectivity index (χ1n) is 5.97. The van der Waals surface area contributed by atoms with Gasteiger partial charge >= 0.3 is 0 Å². The van der Waals surface area contributed by atoms with Crippen molar-refractivity contribution in [3.8, 4) is 16.5 Å². The fourth-order valence-electron chi connectivity index (χ4n) is 2.29. The van der Waals surface area contributed by atoms with Crippen LogP contribution in [-0.2, 0) is 5.54 Å². The molecule has 1 aliphatic carbocycles. The van der Waals surface area contributed by atoms with E-state index in [1.807, 2.05) is 11.4 Å². The number of nitrogens with zero attached hydrogens (tertiary/aromatic N) is 2. The lowest BCUT2D eigenvalue weighted by Gasteiger charge is -2.17. The zero-order valence-corrected chi connectivity index (χ0v) is 12.2. The molecular weight excluding hydrogens is 286 g/mol. The van der Waals surface area contributed by atoms with Gasteiger partial charge in [0.1, 0.15) is 5.75 Å². The third-order valence-corrected chi connectivity index (χ3v) is 4.29. The third kappa shape index (κ3) is 2.61. The van der Waals surface area contributed by atoms with Crippen molar-refractivity contribution in [2.45, 2.75) is 31.2 Å². The van der Waals surface area contributed by atoms with Crippen molar-refractivity contribution in [1.29, 1.82) is 0 Å². The highest BCUT2D eigenvalue weighted by Gasteiger charge is 2.36. The Morgan fingerprint density at radius 2 is 2.16 bits per heavy atom. The quantitative estimate of drug-likeness (QED) is 0.943. The van der Waals surface area contributed by atoms with E-state index >= 15 is 0 Å². The molecule has 1 saturated carbocycles. The van der Waals surface area contributed by atoms with Crippen LogP contribution in [0.2, 0.25) is 0 Å². The van der Waals surface area contributed by atoms with Crippen LogP contribution in [-0.4, -0.2) is 17.3 Å². The Hall–Kier alpha value is -1.11. The lowest BCUT2D eigenvalue weighted by Crippen LogP contribution is -2.34. The number of nitrogens with two attached hydrogens (primary N) is 1. The molecule has 104 valence electrons. The molecule has 0 aliphatic heterocycles. The number of aromatic nitrogens is 2. The van der Waals surface area contributed by atoms with E-state index < -0.39 is 5.54 Å². The van der Waals surface area contributed by atoms with Gasteiger partial charge in [-0.25, -0.2) is 0 Å².